The molecule has 21 heavy (non-hydrogen) atoms. The molecular formula is C16H13BrClN3. The average Bonchev–Trinajstić information content (AvgIpc) is 2.51. The first-order valence-electron chi connectivity index (χ1n) is 6.58. The molecule has 3 aromatic rings. The van der Waals surface area contributed by atoms with Gasteiger partial charge >= 0.3 is 0 Å². The lowest BCUT2D eigenvalue weighted by atomic mass is 10.1. The van der Waals surface area contributed by atoms with Crippen LogP contribution in [0.2, 0.25) is 5.15 Å². The summed E-state index contributed by atoms with van der Waals surface area (Å²) < 4.78 is 1.06. The number of anilines is 1. The van der Waals surface area contributed by atoms with Crippen LogP contribution < -0.4 is 5.32 Å². The summed E-state index contributed by atoms with van der Waals surface area (Å²) in [5.41, 5.74) is 1.18. The average molecular weight is 363 g/mol. The zero-order chi connectivity index (χ0) is 14.8. The molecule has 2 aromatic carbocycles. The molecule has 1 unspecified atom stereocenters. The fourth-order valence-corrected chi connectivity index (χ4v) is 2.68. The van der Waals surface area contributed by atoms with Crippen LogP contribution in [0.15, 0.2) is 53.0 Å². The van der Waals surface area contributed by atoms with Crippen LogP contribution in [-0.2, 0) is 0 Å². The van der Waals surface area contributed by atoms with Crippen molar-refractivity contribution in [3.05, 3.63) is 63.7 Å². The van der Waals surface area contributed by atoms with Crippen molar-refractivity contribution in [2.45, 2.75) is 13.0 Å². The molecule has 0 amide bonds. The van der Waals surface area contributed by atoms with Gasteiger partial charge in [-0.2, -0.15) is 0 Å². The summed E-state index contributed by atoms with van der Waals surface area (Å²) in [4.78, 5) is 0. The van der Waals surface area contributed by atoms with Gasteiger partial charge in [-0.15, -0.1) is 10.2 Å². The largest absolute Gasteiger partial charge is 0.362 e. The van der Waals surface area contributed by atoms with E-state index in [1.54, 1.807) is 0 Å². The monoisotopic (exact) mass is 361 g/mol. The smallest absolute Gasteiger partial charge is 0.159 e. The Hall–Kier alpha value is -1.65. The van der Waals surface area contributed by atoms with Gasteiger partial charge in [0.2, 0.25) is 0 Å². The summed E-state index contributed by atoms with van der Waals surface area (Å²) in [5.74, 6) is 0.741. The summed E-state index contributed by atoms with van der Waals surface area (Å²) in [6.45, 7) is 2.09. The van der Waals surface area contributed by atoms with E-state index in [0.29, 0.717) is 5.15 Å². The van der Waals surface area contributed by atoms with Crippen molar-refractivity contribution in [2.75, 3.05) is 5.32 Å². The number of halogens is 2. The van der Waals surface area contributed by atoms with E-state index in [1.807, 2.05) is 36.4 Å². The minimum absolute atomic E-state index is 0.122. The van der Waals surface area contributed by atoms with Gasteiger partial charge in [-0.25, -0.2) is 0 Å². The molecule has 0 aliphatic carbocycles. The Balaban J connectivity index is 1.95. The second-order valence-electron chi connectivity index (χ2n) is 4.80. The Morgan fingerprint density at radius 1 is 1.00 bits per heavy atom. The van der Waals surface area contributed by atoms with Gasteiger partial charge in [0.15, 0.2) is 11.0 Å². The van der Waals surface area contributed by atoms with Crippen LogP contribution in [0.1, 0.15) is 18.5 Å². The topological polar surface area (TPSA) is 37.8 Å². The van der Waals surface area contributed by atoms with Crippen LogP contribution in [-0.4, -0.2) is 10.2 Å². The molecule has 3 nitrogen and oxygen atoms in total. The second-order valence-corrected chi connectivity index (χ2v) is 6.08. The SMILES string of the molecule is CC(Nc1nnc(Cl)c2ccccc12)c1ccc(Br)cc1. The van der Waals surface area contributed by atoms with Crippen LogP contribution in [0, 0.1) is 0 Å². The third-order valence-electron chi connectivity index (χ3n) is 3.37. The van der Waals surface area contributed by atoms with E-state index in [4.69, 9.17) is 11.6 Å². The van der Waals surface area contributed by atoms with Crippen molar-refractivity contribution >= 4 is 44.1 Å². The Morgan fingerprint density at radius 3 is 2.38 bits per heavy atom. The molecule has 1 N–H and O–H groups in total. The molecule has 3 rings (SSSR count). The summed E-state index contributed by atoms with van der Waals surface area (Å²) in [7, 11) is 0. The van der Waals surface area contributed by atoms with Gasteiger partial charge in [0.25, 0.3) is 0 Å². The Kier molecular flexibility index (Phi) is 4.08. The van der Waals surface area contributed by atoms with E-state index in [-0.39, 0.29) is 6.04 Å². The molecule has 1 heterocycles. The number of aromatic nitrogens is 2. The van der Waals surface area contributed by atoms with Gasteiger partial charge in [0.05, 0.1) is 6.04 Å². The molecule has 106 valence electrons. The first-order valence-corrected chi connectivity index (χ1v) is 7.75. The molecule has 0 spiro atoms. The molecule has 0 saturated heterocycles. The lowest BCUT2D eigenvalue weighted by Crippen LogP contribution is -2.09. The van der Waals surface area contributed by atoms with E-state index in [1.165, 1.54) is 5.56 Å². The number of hydrogen-bond acceptors (Lipinski definition) is 3. The third-order valence-corrected chi connectivity index (χ3v) is 4.17. The number of nitrogens with one attached hydrogen (secondary N) is 1. The molecule has 0 aliphatic rings. The number of benzene rings is 2. The molecule has 0 radical (unpaired) electrons. The van der Waals surface area contributed by atoms with Crippen LogP contribution in [0.4, 0.5) is 5.82 Å². The van der Waals surface area contributed by atoms with E-state index in [2.05, 4.69) is 50.5 Å². The molecule has 5 heteroatoms. The minimum atomic E-state index is 0.122. The number of rotatable bonds is 3. The van der Waals surface area contributed by atoms with Gasteiger partial charge in [-0.3, -0.25) is 0 Å². The maximum Gasteiger partial charge on any atom is 0.159 e. The molecular weight excluding hydrogens is 350 g/mol. The molecule has 0 aliphatic heterocycles. The standard InChI is InChI=1S/C16H13BrClN3/c1-10(11-6-8-12(17)9-7-11)19-16-14-5-3-2-4-13(14)15(18)20-21-16/h2-10H,1H3,(H,19,21). The summed E-state index contributed by atoms with van der Waals surface area (Å²) in [6, 6.07) is 16.2. The number of hydrogen-bond donors (Lipinski definition) is 1. The predicted octanol–water partition coefficient (Wildman–Crippen LogP) is 5.22. The van der Waals surface area contributed by atoms with E-state index >= 15 is 0 Å². The first-order chi connectivity index (χ1) is 10.1. The fraction of sp³-hybridized carbons (Fsp3) is 0.125. The minimum Gasteiger partial charge on any atom is -0.362 e. The van der Waals surface area contributed by atoms with Gasteiger partial charge < -0.3 is 5.32 Å². The lowest BCUT2D eigenvalue weighted by molar-refractivity contribution is 0.865. The zero-order valence-electron chi connectivity index (χ0n) is 11.3. The van der Waals surface area contributed by atoms with Crippen molar-refractivity contribution in [3.63, 3.8) is 0 Å². The normalized spacial score (nSPS) is 12.3. The van der Waals surface area contributed by atoms with Gasteiger partial charge in [-0.1, -0.05) is 63.9 Å². The highest BCUT2D eigenvalue weighted by Gasteiger charge is 2.11. The summed E-state index contributed by atoms with van der Waals surface area (Å²) >= 11 is 9.54. The van der Waals surface area contributed by atoms with E-state index in [0.717, 1.165) is 21.1 Å². The lowest BCUT2D eigenvalue weighted by Gasteiger charge is -2.16. The highest BCUT2D eigenvalue weighted by molar-refractivity contribution is 9.10. The van der Waals surface area contributed by atoms with Crippen LogP contribution in [0.5, 0.6) is 0 Å². The summed E-state index contributed by atoms with van der Waals surface area (Å²) in [6.07, 6.45) is 0. The van der Waals surface area contributed by atoms with Gasteiger partial charge in [0, 0.05) is 15.2 Å². The maximum atomic E-state index is 6.09. The molecule has 0 fully saturated rings. The Bertz CT molecular complexity index is 774. The number of fused-ring (bicyclic) bond motifs is 1. The third kappa shape index (κ3) is 3.01. The number of nitrogens with zero attached hydrogens (tertiary/aromatic N) is 2. The van der Waals surface area contributed by atoms with Crippen molar-refractivity contribution < 1.29 is 0 Å². The van der Waals surface area contributed by atoms with Crippen molar-refractivity contribution in [1.29, 1.82) is 0 Å². The fourth-order valence-electron chi connectivity index (χ4n) is 2.22. The highest BCUT2D eigenvalue weighted by Crippen LogP contribution is 2.28. The van der Waals surface area contributed by atoms with Crippen molar-refractivity contribution in [2.24, 2.45) is 0 Å². The summed E-state index contributed by atoms with van der Waals surface area (Å²) in [5, 5.41) is 13.9. The van der Waals surface area contributed by atoms with E-state index < -0.39 is 0 Å². The molecule has 0 saturated carbocycles. The Labute approximate surface area is 136 Å². The zero-order valence-corrected chi connectivity index (χ0v) is 13.7. The predicted molar refractivity (Wildman–Crippen MR) is 90.7 cm³/mol. The second kappa shape index (κ2) is 6.00. The molecule has 1 aromatic heterocycles. The van der Waals surface area contributed by atoms with Crippen molar-refractivity contribution in [3.8, 4) is 0 Å². The van der Waals surface area contributed by atoms with Gasteiger partial charge in [-0.05, 0) is 24.6 Å². The van der Waals surface area contributed by atoms with Crippen LogP contribution in [0.3, 0.4) is 0 Å². The maximum absolute atomic E-state index is 6.09. The van der Waals surface area contributed by atoms with Crippen molar-refractivity contribution in [1.82, 2.24) is 10.2 Å². The first kappa shape index (κ1) is 14.3. The molecule has 0 bridgehead atoms. The Morgan fingerprint density at radius 2 is 1.67 bits per heavy atom. The highest BCUT2D eigenvalue weighted by atomic mass is 79.9. The van der Waals surface area contributed by atoms with E-state index in [9.17, 15) is 0 Å². The van der Waals surface area contributed by atoms with Gasteiger partial charge in [0.1, 0.15) is 0 Å². The molecule has 1 atom stereocenters. The quantitative estimate of drug-likeness (QED) is 0.694. The van der Waals surface area contributed by atoms with Crippen LogP contribution >= 0.6 is 27.5 Å². The van der Waals surface area contributed by atoms with Crippen LogP contribution in [0.25, 0.3) is 10.8 Å².